The quantitative estimate of drug-likeness (QED) is 0.727. The second kappa shape index (κ2) is 5.64. The van der Waals surface area contributed by atoms with Crippen LogP contribution in [0.25, 0.3) is 0 Å². The van der Waals surface area contributed by atoms with E-state index in [9.17, 15) is 0 Å². The van der Waals surface area contributed by atoms with Crippen LogP contribution in [0.3, 0.4) is 0 Å². The largest absolute Gasteiger partial charge is 0.378 e. The fourth-order valence-electron chi connectivity index (χ4n) is 3.92. The van der Waals surface area contributed by atoms with E-state index < -0.39 is 0 Å². The van der Waals surface area contributed by atoms with E-state index in [0.29, 0.717) is 12.0 Å². The zero-order chi connectivity index (χ0) is 16.0. The molecule has 2 aliphatic heterocycles. The molecule has 1 aromatic heterocycles. The lowest BCUT2D eigenvalue weighted by Crippen LogP contribution is -2.36. The Balaban J connectivity index is 1.78. The fourth-order valence-corrected chi connectivity index (χ4v) is 4.62. The number of fused-ring (bicyclic) bond motifs is 3. The van der Waals surface area contributed by atoms with Gasteiger partial charge in [-0.15, -0.1) is 0 Å². The van der Waals surface area contributed by atoms with Gasteiger partial charge in [0.15, 0.2) is 0 Å². The summed E-state index contributed by atoms with van der Waals surface area (Å²) in [6.45, 7) is 7.71. The van der Waals surface area contributed by atoms with Gasteiger partial charge in [0.25, 0.3) is 0 Å². The number of rotatable bonds is 1. The lowest BCUT2D eigenvalue weighted by atomic mass is 9.76. The molecule has 0 radical (unpaired) electrons. The molecule has 23 heavy (non-hydrogen) atoms. The van der Waals surface area contributed by atoms with Gasteiger partial charge in [0, 0.05) is 23.8 Å². The standard InChI is InChI=1S/C20H25NOS/c1-20(2,3)14-6-7-17-16(11-14)19-15(5-4-9-22-19)18(21-17)13-8-10-23-12-13/h6-8,10-12,15,18-19,21H,4-5,9H2,1-3H3/t15-,18+,19-/m0/s1. The molecule has 3 heteroatoms. The number of thiophene rings is 1. The number of benzene rings is 1. The molecule has 2 nitrogen and oxygen atoms in total. The predicted octanol–water partition coefficient (Wildman–Crippen LogP) is 5.68. The molecule has 1 N–H and O–H groups in total. The van der Waals surface area contributed by atoms with Gasteiger partial charge in [-0.3, -0.25) is 0 Å². The Bertz CT molecular complexity index is 686. The first kappa shape index (κ1) is 15.2. The first-order valence-corrected chi connectivity index (χ1v) is 9.53. The Labute approximate surface area is 142 Å². The van der Waals surface area contributed by atoms with Crippen molar-refractivity contribution in [1.82, 2.24) is 0 Å². The zero-order valence-electron chi connectivity index (χ0n) is 14.1. The minimum Gasteiger partial charge on any atom is -0.378 e. The summed E-state index contributed by atoms with van der Waals surface area (Å²) < 4.78 is 6.27. The Kier molecular flexibility index (Phi) is 3.73. The van der Waals surface area contributed by atoms with Gasteiger partial charge >= 0.3 is 0 Å². The molecule has 0 saturated carbocycles. The van der Waals surface area contributed by atoms with Gasteiger partial charge in [-0.1, -0.05) is 32.9 Å². The van der Waals surface area contributed by atoms with Crippen molar-refractivity contribution in [3.8, 4) is 0 Å². The number of nitrogens with one attached hydrogen (secondary N) is 1. The second-order valence-electron chi connectivity index (χ2n) is 7.83. The normalized spacial score (nSPS) is 27.0. The molecular weight excluding hydrogens is 302 g/mol. The SMILES string of the molecule is CC(C)(C)c1ccc2c(c1)[C@H]1OCCC[C@H]1[C@@H](c1ccsc1)N2. The van der Waals surface area contributed by atoms with Gasteiger partial charge in [-0.25, -0.2) is 0 Å². The Hall–Kier alpha value is -1.32. The van der Waals surface area contributed by atoms with E-state index in [4.69, 9.17) is 4.74 Å². The van der Waals surface area contributed by atoms with Gasteiger partial charge < -0.3 is 10.1 Å². The molecule has 1 fully saturated rings. The number of hydrogen-bond acceptors (Lipinski definition) is 3. The van der Waals surface area contributed by atoms with Crippen LogP contribution in [0, 0.1) is 5.92 Å². The minimum absolute atomic E-state index is 0.170. The van der Waals surface area contributed by atoms with Crippen LogP contribution >= 0.6 is 11.3 Å². The van der Waals surface area contributed by atoms with Crippen molar-refractivity contribution in [3.05, 3.63) is 51.7 Å². The first-order valence-electron chi connectivity index (χ1n) is 8.59. The van der Waals surface area contributed by atoms with E-state index in [1.165, 1.54) is 28.8 Å². The highest BCUT2D eigenvalue weighted by Gasteiger charge is 2.40. The third-order valence-electron chi connectivity index (χ3n) is 5.23. The monoisotopic (exact) mass is 327 g/mol. The van der Waals surface area contributed by atoms with Gasteiger partial charge in [0.2, 0.25) is 0 Å². The first-order chi connectivity index (χ1) is 11.0. The van der Waals surface area contributed by atoms with Crippen molar-refractivity contribution in [2.24, 2.45) is 5.92 Å². The van der Waals surface area contributed by atoms with Gasteiger partial charge in [0.1, 0.15) is 0 Å². The van der Waals surface area contributed by atoms with E-state index in [1.807, 2.05) is 0 Å². The number of ether oxygens (including phenoxy) is 1. The molecule has 0 spiro atoms. The Morgan fingerprint density at radius 3 is 2.83 bits per heavy atom. The lowest BCUT2D eigenvalue weighted by molar-refractivity contribution is -0.0381. The summed E-state index contributed by atoms with van der Waals surface area (Å²) in [4.78, 5) is 0. The summed E-state index contributed by atoms with van der Waals surface area (Å²) in [7, 11) is 0. The van der Waals surface area contributed by atoms with Crippen molar-refractivity contribution in [3.63, 3.8) is 0 Å². The number of hydrogen-bond donors (Lipinski definition) is 1. The lowest BCUT2D eigenvalue weighted by Gasteiger charge is -2.43. The highest BCUT2D eigenvalue weighted by Crippen LogP contribution is 2.50. The van der Waals surface area contributed by atoms with Gasteiger partial charge in [0.05, 0.1) is 12.1 Å². The zero-order valence-corrected chi connectivity index (χ0v) is 15.0. The predicted molar refractivity (Wildman–Crippen MR) is 97.2 cm³/mol. The molecular formula is C20H25NOS. The van der Waals surface area contributed by atoms with Crippen LogP contribution in [0.1, 0.15) is 62.4 Å². The van der Waals surface area contributed by atoms with Crippen molar-refractivity contribution >= 4 is 17.0 Å². The molecule has 2 aromatic rings. The van der Waals surface area contributed by atoms with Crippen molar-refractivity contribution < 1.29 is 4.74 Å². The highest BCUT2D eigenvalue weighted by atomic mass is 32.1. The second-order valence-corrected chi connectivity index (χ2v) is 8.61. The van der Waals surface area contributed by atoms with E-state index in [2.05, 4.69) is 61.1 Å². The molecule has 1 saturated heterocycles. The van der Waals surface area contributed by atoms with Gasteiger partial charge in [-0.2, -0.15) is 11.3 Å². The summed E-state index contributed by atoms with van der Waals surface area (Å²) in [6.07, 6.45) is 2.63. The Morgan fingerprint density at radius 1 is 1.22 bits per heavy atom. The summed E-state index contributed by atoms with van der Waals surface area (Å²) >= 11 is 1.78. The van der Waals surface area contributed by atoms with Crippen LogP contribution in [-0.4, -0.2) is 6.61 Å². The van der Waals surface area contributed by atoms with Crippen LogP contribution in [0.15, 0.2) is 35.0 Å². The maximum Gasteiger partial charge on any atom is 0.0895 e. The van der Waals surface area contributed by atoms with E-state index in [-0.39, 0.29) is 11.5 Å². The van der Waals surface area contributed by atoms with Crippen LogP contribution in [-0.2, 0) is 10.2 Å². The van der Waals surface area contributed by atoms with Crippen molar-refractivity contribution in [1.29, 1.82) is 0 Å². The molecule has 122 valence electrons. The highest BCUT2D eigenvalue weighted by molar-refractivity contribution is 7.08. The molecule has 0 aliphatic carbocycles. The molecule has 3 heterocycles. The van der Waals surface area contributed by atoms with Crippen molar-refractivity contribution in [2.45, 2.75) is 51.2 Å². The topological polar surface area (TPSA) is 21.3 Å². The van der Waals surface area contributed by atoms with E-state index in [0.717, 1.165) is 13.0 Å². The Morgan fingerprint density at radius 2 is 2.09 bits per heavy atom. The fraction of sp³-hybridized carbons (Fsp3) is 0.500. The van der Waals surface area contributed by atoms with E-state index in [1.54, 1.807) is 11.3 Å². The minimum atomic E-state index is 0.170. The number of anilines is 1. The molecule has 3 atom stereocenters. The third kappa shape index (κ3) is 2.70. The van der Waals surface area contributed by atoms with E-state index >= 15 is 0 Å². The summed E-state index contributed by atoms with van der Waals surface area (Å²) in [5.41, 5.74) is 5.57. The molecule has 0 unspecified atom stereocenters. The molecule has 0 amide bonds. The molecule has 2 aliphatic rings. The maximum absolute atomic E-state index is 6.27. The van der Waals surface area contributed by atoms with Crippen LogP contribution in [0.2, 0.25) is 0 Å². The summed E-state index contributed by atoms with van der Waals surface area (Å²) in [5, 5.41) is 8.25. The van der Waals surface area contributed by atoms with Crippen LogP contribution in [0.5, 0.6) is 0 Å². The average molecular weight is 327 g/mol. The van der Waals surface area contributed by atoms with Crippen LogP contribution in [0.4, 0.5) is 5.69 Å². The third-order valence-corrected chi connectivity index (χ3v) is 5.94. The average Bonchev–Trinajstić information content (AvgIpc) is 3.07. The smallest absolute Gasteiger partial charge is 0.0895 e. The molecule has 4 rings (SSSR count). The molecule has 1 aromatic carbocycles. The molecule has 0 bridgehead atoms. The maximum atomic E-state index is 6.27. The van der Waals surface area contributed by atoms with Crippen molar-refractivity contribution in [2.75, 3.05) is 11.9 Å². The van der Waals surface area contributed by atoms with Gasteiger partial charge in [-0.05, 0) is 52.3 Å². The summed E-state index contributed by atoms with van der Waals surface area (Å²) in [5.74, 6) is 0.529. The van der Waals surface area contributed by atoms with Crippen LogP contribution < -0.4 is 5.32 Å². The summed E-state index contributed by atoms with van der Waals surface area (Å²) in [6, 6.07) is 9.51.